The Balaban J connectivity index is 1.67. The molecule has 0 aliphatic heterocycles. The van der Waals surface area contributed by atoms with E-state index in [4.69, 9.17) is 14.6 Å². The Kier molecular flexibility index (Phi) is 6.61. The van der Waals surface area contributed by atoms with Gasteiger partial charge in [0, 0.05) is 29.8 Å². The fraction of sp³-hybridized carbons (Fsp3) is 0.190. The number of anilines is 2. The number of nitrogens with one attached hydrogen (secondary N) is 2. The predicted octanol–water partition coefficient (Wildman–Crippen LogP) is 3.10. The Bertz CT molecular complexity index is 1140. The molecule has 160 valence electrons. The van der Waals surface area contributed by atoms with Crippen LogP contribution in [-0.4, -0.2) is 39.0 Å². The molecule has 0 unspecified atom stereocenters. The van der Waals surface area contributed by atoms with Crippen LogP contribution in [0.25, 0.3) is 22.6 Å². The number of amides is 2. The van der Waals surface area contributed by atoms with E-state index in [-0.39, 0.29) is 25.7 Å². The third-order valence-electron chi connectivity index (χ3n) is 4.22. The van der Waals surface area contributed by atoms with Crippen LogP contribution in [0.4, 0.5) is 11.4 Å². The van der Waals surface area contributed by atoms with Gasteiger partial charge in [-0.3, -0.25) is 19.2 Å². The van der Waals surface area contributed by atoms with Crippen molar-refractivity contribution in [1.29, 1.82) is 0 Å². The zero-order chi connectivity index (χ0) is 22.4. The number of oxazole rings is 1. The maximum atomic E-state index is 11.8. The molecule has 2 aromatic carbocycles. The van der Waals surface area contributed by atoms with Gasteiger partial charge in [-0.25, -0.2) is 4.98 Å². The van der Waals surface area contributed by atoms with Crippen molar-refractivity contribution in [1.82, 2.24) is 4.98 Å². The van der Waals surface area contributed by atoms with Gasteiger partial charge in [-0.15, -0.1) is 0 Å². The van der Waals surface area contributed by atoms with Crippen LogP contribution >= 0.6 is 0 Å². The SMILES string of the molecule is O=C(O)CCC(=O)Nc1ccc(-c2nc3cc(NC(=O)CCC(=O)O)ccc3o2)cc1. The minimum Gasteiger partial charge on any atom is -0.481 e. The predicted molar refractivity (Wildman–Crippen MR) is 110 cm³/mol. The zero-order valence-electron chi connectivity index (χ0n) is 16.3. The molecule has 0 atom stereocenters. The molecular formula is C21H19N3O7. The maximum absolute atomic E-state index is 11.8. The summed E-state index contributed by atoms with van der Waals surface area (Å²) in [6, 6.07) is 11.6. The number of aliphatic carboxylic acids is 2. The van der Waals surface area contributed by atoms with Crippen molar-refractivity contribution in [3.8, 4) is 11.5 Å². The highest BCUT2D eigenvalue weighted by Gasteiger charge is 2.12. The number of hydrogen-bond acceptors (Lipinski definition) is 6. The highest BCUT2D eigenvalue weighted by atomic mass is 16.4. The van der Waals surface area contributed by atoms with Gasteiger partial charge in [-0.2, -0.15) is 0 Å². The van der Waals surface area contributed by atoms with Crippen molar-refractivity contribution in [3.05, 3.63) is 42.5 Å². The van der Waals surface area contributed by atoms with Crippen molar-refractivity contribution in [2.75, 3.05) is 10.6 Å². The Morgan fingerprint density at radius 2 is 1.32 bits per heavy atom. The molecule has 0 bridgehead atoms. The second kappa shape index (κ2) is 9.53. The van der Waals surface area contributed by atoms with Crippen LogP contribution in [0.1, 0.15) is 25.7 Å². The Hall–Kier alpha value is -4.21. The summed E-state index contributed by atoms with van der Waals surface area (Å²) in [5.41, 5.74) is 2.66. The molecule has 3 rings (SSSR count). The first-order chi connectivity index (χ1) is 14.8. The first kappa shape index (κ1) is 21.5. The van der Waals surface area contributed by atoms with E-state index in [1.807, 2.05) is 0 Å². The first-order valence-electron chi connectivity index (χ1n) is 9.34. The summed E-state index contributed by atoms with van der Waals surface area (Å²) >= 11 is 0. The molecule has 0 saturated carbocycles. The van der Waals surface area contributed by atoms with E-state index in [2.05, 4.69) is 15.6 Å². The summed E-state index contributed by atoms with van der Waals surface area (Å²) < 4.78 is 5.72. The summed E-state index contributed by atoms with van der Waals surface area (Å²) in [6.45, 7) is 0. The third kappa shape index (κ3) is 6.13. The van der Waals surface area contributed by atoms with Gasteiger partial charge in [-0.05, 0) is 42.5 Å². The molecule has 0 radical (unpaired) electrons. The van der Waals surface area contributed by atoms with Crippen molar-refractivity contribution < 1.29 is 33.8 Å². The van der Waals surface area contributed by atoms with Crippen LogP contribution in [0, 0.1) is 0 Å². The van der Waals surface area contributed by atoms with E-state index in [9.17, 15) is 19.2 Å². The molecule has 4 N–H and O–H groups in total. The van der Waals surface area contributed by atoms with E-state index >= 15 is 0 Å². The molecule has 3 aromatic rings. The number of benzene rings is 2. The normalized spacial score (nSPS) is 10.6. The maximum Gasteiger partial charge on any atom is 0.303 e. The smallest absolute Gasteiger partial charge is 0.303 e. The second-order valence-electron chi connectivity index (χ2n) is 6.66. The van der Waals surface area contributed by atoms with E-state index in [0.29, 0.717) is 33.9 Å². The van der Waals surface area contributed by atoms with Gasteiger partial charge in [0.2, 0.25) is 17.7 Å². The zero-order valence-corrected chi connectivity index (χ0v) is 16.3. The van der Waals surface area contributed by atoms with Crippen molar-refractivity contribution in [2.24, 2.45) is 0 Å². The van der Waals surface area contributed by atoms with E-state index < -0.39 is 23.8 Å². The van der Waals surface area contributed by atoms with Crippen LogP contribution in [-0.2, 0) is 19.2 Å². The topological polar surface area (TPSA) is 159 Å². The minimum absolute atomic E-state index is 0.114. The number of carboxylic acids is 2. The van der Waals surface area contributed by atoms with Gasteiger partial charge in [0.15, 0.2) is 5.58 Å². The van der Waals surface area contributed by atoms with Crippen LogP contribution in [0.15, 0.2) is 46.9 Å². The summed E-state index contributed by atoms with van der Waals surface area (Å²) in [5, 5.41) is 22.5. The van der Waals surface area contributed by atoms with Gasteiger partial charge < -0.3 is 25.3 Å². The van der Waals surface area contributed by atoms with Crippen LogP contribution < -0.4 is 10.6 Å². The first-order valence-corrected chi connectivity index (χ1v) is 9.34. The quantitative estimate of drug-likeness (QED) is 0.407. The van der Waals surface area contributed by atoms with Gasteiger partial charge in [0.25, 0.3) is 0 Å². The Morgan fingerprint density at radius 1 is 0.774 bits per heavy atom. The monoisotopic (exact) mass is 425 g/mol. The van der Waals surface area contributed by atoms with Crippen LogP contribution in [0.3, 0.4) is 0 Å². The van der Waals surface area contributed by atoms with E-state index in [0.717, 1.165) is 0 Å². The van der Waals surface area contributed by atoms with Crippen LogP contribution in [0.2, 0.25) is 0 Å². The molecule has 0 spiro atoms. The molecule has 1 heterocycles. The van der Waals surface area contributed by atoms with Gasteiger partial charge in [0.05, 0.1) is 12.8 Å². The molecule has 1 aromatic heterocycles. The van der Waals surface area contributed by atoms with Gasteiger partial charge in [0.1, 0.15) is 5.52 Å². The summed E-state index contributed by atoms with van der Waals surface area (Å²) in [5.74, 6) is -2.54. The molecular weight excluding hydrogens is 406 g/mol. The lowest BCUT2D eigenvalue weighted by molar-refractivity contribution is -0.138. The fourth-order valence-electron chi connectivity index (χ4n) is 2.71. The Morgan fingerprint density at radius 3 is 1.90 bits per heavy atom. The molecule has 0 fully saturated rings. The lowest BCUT2D eigenvalue weighted by Gasteiger charge is -2.04. The minimum atomic E-state index is -1.04. The number of carboxylic acid groups (broad SMARTS) is 2. The number of hydrogen-bond donors (Lipinski definition) is 4. The molecule has 0 aliphatic rings. The Labute approximate surface area is 175 Å². The third-order valence-corrected chi connectivity index (χ3v) is 4.22. The van der Waals surface area contributed by atoms with Crippen LogP contribution in [0.5, 0.6) is 0 Å². The van der Waals surface area contributed by atoms with Crippen molar-refractivity contribution in [3.63, 3.8) is 0 Å². The molecule has 10 nitrogen and oxygen atoms in total. The van der Waals surface area contributed by atoms with E-state index in [1.54, 1.807) is 42.5 Å². The standard InChI is InChI=1S/C21H19N3O7/c25-17(7-9-19(27)28)22-13-3-1-12(2-4-13)21-24-15-11-14(5-6-16(15)31-21)23-18(26)8-10-20(29)30/h1-6,11H,7-10H2,(H,22,25)(H,23,26)(H,27,28)(H,29,30). The number of carbonyl (C=O) groups excluding carboxylic acids is 2. The lowest BCUT2D eigenvalue weighted by atomic mass is 10.2. The molecule has 0 saturated heterocycles. The fourth-order valence-corrected chi connectivity index (χ4v) is 2.71. The summed E-state index contributed by atoms with van der Waals surface area (Å²) in [7, 11) is 0. The average Bonchev–Trinajstić information content (AvgIpc) is 3.14. The average molecular weight is 425 g/mol. The summed E-state index contributed by atoms with van der Waals surface area (Å²) in [4.78, 5) is 49.0. The highest BCUT2D eigenvalue weighted by molar-refractivity contribution is 5.94. The number of rotatable bonds is 9. The number of carbonyl (C=O) groups is 4. The largest absolute Gasteiger partial charge is 0.481 e. The van der Waals surface area contributed by atoms with Gasteiger partial charge >= 0.3 is 11.9 Å². The molecule has 31 heavy (non-hydrogen) atoms. The number of aromatic nitrogens is 1. The van der Waals surface area contributed by atoms with Gasteiger partial charge in [-0.1, -0.05) is 0 Å². The molecule has 2 amide bonds. The number of fused-ring (bicyclic) bond motifs is 1. The van der Waals surface area contributed by atoms with E-state index in [1.165, 1.54) is 0 Å². The highest BCUT2D eigenvalue weighted by Crippen LogP contribution is 2.27. The van der Waals surface area contributed by atoms with Crippen molar-refractivity contribution in [2.45, 2.75) is 25.7 Å². The van der Waals surface area contributed by atoms with Crippen molar-refractivity contribution >= 4 is 46.2 Å². The summed E-state index contributed by atoms with van der Waals surface area (Å²) in [6.07, 6.45) is -0.735. The lowest BCUT2D eigenvalue weighted by Crippen LogP contribution is -2.13. The molecule has 10 heteroatoms. The second-order valence-corrected chi connectivity index (χ2v) is 6.66. The molecule has 0 aliphatic carbocycles. The number of nitrogens with zero attached hydrogens (tertiary/aromatic N) is 1.